The number of rotatable bonds is 4. The molecule has 6 heteroatoms. The molecule has 2 aromatic heterocycles. The van der Waals surface area contributed by atoms with Gasteiger partial charge in [0, 0.05) is 19.8 Å². The molecule has 2 heterocycles. The van der Waals surface area contributed by atoms with Gasteiger partial charge in [0.25, 0.3) is 0 Å². The van der Waals surface area contributed by atoms with Gasteiger partial charge in [-0.15, -0.1) is 11.3 Å². The fourth-order valence-electron chi connectivity index (χ4n) is 1.39. The number of aryl methyl sites for hydroxylation is 1. The highest BCUT2D eigenvalue weighted by atomic mass is 79.9. The molecular weight excluding hydrogens is 288 g/mol. The summed E-state index contributed by atoms with van der Waals surface area (Å²) >= 11 is 5.07. The lowest BCUT2D eigenvalue weighted by Crippen LogP contribution is -2.19. The fraction of sp³-hybridized carbons (Fsp3) is 0.400. The normalized spacial score (nSPS) is 12.9. The smallest absolute Gasteiger partial charge is 0.110 e. The van der Waals surface area contributed by atoms with Crippen molar-refractivity contribution in [2.45, 2.75) is 19.5 Å². The minimum Gasteiger partial charge on any atom is -0.302 e. The highest BCUT2D eigenvalue weighted by molar-refractivity contribution is 9.11. The van der Waals surface area contributed by atoms with E-state index in [1.54, 1.807) is 11.3 Å². The molecule has 2 rings (SSSR count). The number of halogens is 1. The number of hydrogen-bond acceptors (Lipinski definition) is 4. The Balaban J connectivity index is 1.93. The Hall–Kier alpha value is -0.720. The molecule has 0 bridgehead atoms. The first-order valence-electron chi connectivity index (χ1n) is 4.98. The molecule has 0 aliphatic heterocycles. The number of nitrogens with one attached hydrogen (secondary N) is 1. The molecule has 1 unspecified atom stereocenters. The van der Waals surface area contributed by atoms with Gasteiger partial charge in [-0.25, -0.2) is 4.98 Å². The van der Waals surface area contributed by atoms with Crippen molar-refractivity contribution in [2.75, 3.05) is 0 Å². The van der Waals surface area contributed by atoms with Crippen LogP contribution in [0.15, 0.2) is 22.2 Å². The molecule has 0 radical (unpaired) electrons. The SMILES string of the molecule is CC(NCc1ccnn1C)c1ncc(Br)s1. The Kier molecular flexibility index (Phi) is 3.73. The summed E-state index contributed by atoms with van der Waals surface area (Å²) in [6.45, 7) is 2.91. The van der Waals surface area contributed by atoms with Crippen molar-refractivity contribution in [2.24, 2.45) is 7.05 Å². The predicted molar refractivity (Wildman–Crippen MR) is 68.3 cm³/mol. The minimum absolute atomic E-state index is 0.256. The van der Waals surface area contributed by atoms with E-state index in [9.17, 15) is 0 Å². The number of aromatic nitrogens is 3. The average molecular weight is 301 g/mol. The third-order valence-corrected chi connectivity index (χ3v) is 4.04. The molecule has 0 saturated carbocycles. The number of nitrogens with zero attached hydrogens (tertiary/aromatic N) is 3. The summed E-state index contributed by atoms with van der Waals surface area (Å²) in [5, 5.41) is 8.64. The minimum atomic E-state index is 0.256. The lowest BCUT2D eigenvalue weighted by atomic mass is 10.3. The molecule has 2 aromatic rings. The lowest BCUT2D eigenvalue weighted by molar-refractivity contribution is 0.546. The van der Waals surface area contributed by atoms with Crippen molar-refractivity contribution in [1.29, 1.82) is 0 Å². The molecule has 0 spiro atoms. The molecule has 1 N–H and O–H groups in total. The Bertz CT molecular complexity index is 465. The quantitative estimate of drug-likeness (QED) is 0.943. The van der Waals surface area contributed by atoms with Crippen LogP contribution < -0.4 is 5.32 Å². The monoisotopic (exact) mass is 300 g/mol. The Labute approximate surface area is 107 Å². The van der Waals surface area contributed by atoms with E-state index < -0.39 is 0 Å². The van der Waals surface area contributed by atoms with E-state index in [4.69, 9.17) is 0 Å². The molecule has 86 valence electrons. The maximum absolute atomic E-state index is 4.32. The third kappa shape index (κ3) is 2.69. The van der Waals surface area contributed by atoms with Crippen LogP contribution in [-0.2, 0) is 13.6 Å². The highest BCUT2D eigenvalue weighted by Crippen LogP contribution is 2.24. The van der Waals surface area contributed by atoms with E-state index in [1.165, 1.54) is 5.69 Å². The first kappa shape index (κ1) is 11.8. The van der Waals surface area contributed by atoms with Gasteiger partial charge in [-0.2, -0.15) is 5.10 Å². The molecule has 1 atom stereocenters. The largest absolute Gasteiger partial charge is 0.302 e. The Morgan fingerprint density at radius 3 is 3.00 bits per heavy atom. The van der Waals surface area contributed by atoms with E-state index in [1.807, 2.05) is 30.2 Å². The molecule has 0 aliphatic rings. The van der Waals surface area contributed by atoms with Gasteiger partial charge in [-0.05, 0) is 28.9 Å². The molecule has 0 amide bonds. The van der Waals surface area contributed by atoms with Crippen LogP contribution in [0.5, 0.6) is 0 Å². The van der Waals surface area contributed by atoms with E-state index in [-0.39, 0.29) is 6.04 Å². The average Bonchev–Trinajstić information content (AvgIpc) is 2.84. The van der Waals surface area contributed by atoms with E-state index in [0.717, 1.165) is 15.3 Å². The third-order valence-electron chi connectivity index (χ3n) is 2.38. The topological polar surface area (TPSA) is 42.7 Å². The molecule has 16 heavy (non-hydrogen) atoms. The Morgan fingerprint density at radius 1 is 1.62 bits per heavy atom. The van der Waals surface area contributed by atoms with Crippen LogP contribution in [0.3, 0.4) is 0 Å². The second-order valence-electron chi connectivity index (χ2n) is 3.55. The second-order valence-corrected chi connectivity index (χ2v) is 5.99. The molecule has 4 nitrogen and oxygen atoms in total. The van der Waals surface area contributed by atoms with E-state index >= 15 is 0 Å². The molecular formula is C10H13BrN4S. The van der Waals surface area contributed by atoms with Crippen molar-refractivity contribution in [1.82, 2.24) is 20.1 Å². The van der Waals surface area contributed by atoms with Gasteiger partial charge < -0.3 is 5.32 Å². The van der Waals surface area contributed by atoms with E-state index in [2.05, 4.69) is 38.3 Å². The zero-order valence-electron chi connectivity index (χ0n) is 9.14. The zero-order chi connectivity index (χ0) is 11.5. The van der Waals surface area contributed by atoms with E-state index in [0.29, 0.717) is 0 Å². The van der Waals surface area contributed by atoms with Crippen LogP contribution in [0.2, 0.25) is 0 Å². The van der Waals surface area contributed by atoms with Gasteiger partial charge in [0.1, 0.15) is 5.01 Å². The molecule has 0 fully saturated rings. The van der Waals surface area contributed by atoms with Crippen molar-refractivity contribution in [3.05, 3.63) is 32.9 Å². The van der Waals surface area contributed by atoms with Crippen LogP contribution in [0.4, 0.5) is 0 Å². The summed E-state index contributed by atoms with van der Waals surface area (Å²) in [6.07, 6.45) is 3.64. The summed E-state index contributed by atoms with van der Waals surface area (Å²) in [4.78, 5) is 4.32. The van der Waals surface area contributed by atoms with Crippen LogP contribution in [-0.4, -0.2) is 14.8 Å². The van der Waals surface area contributed by atoms with Crippen molar-refractivity contribution < 1.29 is 0 Å². The van der Waals surface area contributed by atoms with Crippen molar-refractivity contribution >= 4 is 27.3 Å². The molecule has 0 aromatic carbocycles. The standard InChI is InChI=1S/C10H13BrN4S/c1-7(10-13-6-9(11)16-10)12-5-8-3-4-14-15(8)2/h3-4,6-7,12H,5H2,1-2H3. The van der Waals surface area contributed by atoms with Gasteiger partial charge in [-0.3, -0.25) is 4.68 Å². The maximum Gasteiger partial charge on any atom is 0.110 e. The highest BCUT2D eigenvalue weighted by Gasteiger charge is 2.09. The molecule has 0 aliphatic carbocycles. The van der Waals surface area contributed by atoms with Crippen LogP contribution in [0, 0.1) is 0 Å². The summed E-state index contributed by atoms with van der Waals surface area (Å²) in [5.74, 6) is 0. The Morgan fingerprint density at radius 2 is 2.44 bits per heavy atom. The summed E-state index contributed by atoms with van der Waals surface area (Å²) in [6, 6.07) is 2.27. The summed E-state index contributed by atoms with van der Waals surface area (Å²) in [7, 11) is 1.95. The van der Waals surface area contributed by atoms with Crippen LogP contribution in [0.1, 0.15) is 23.7 Å². The first-order valence-corrected chi connectivity index (χ1v) is 6.59. The maximum atomic E-state index is 4.32. The zero-order valence-corrected chi connectivity index (χ0v) is 11.5. The van der Waals surface area contributed by atoms with Gasteiger partial charge in [0.2, 0.25) is 0 Å². The predicted octanol–water partition coefficient (Wildman–Crippen LogP) is 2.49. The van der Waals surface area contributed by atoms with Crippen molar-refractivity contribution in [3.8, 4) is 0 Å². The number of thiazole rings is 1. The van der Waals surface area contributed by atoms with Crippen molar-refractivity contribution in [3.63, 3.8) is 0 Å². The summed E-state index contributed by atoms with van der Waals surface area (Å²) in [5.41, 5.74) is 1.17. The summed E-state index contributed by atoms with van der Waals surface area (Å²) < 4.78 is 2.94. The second kappa shape index (κ2) is 5.07. The van der Waals surface area contributed by atoms with Crippen LogP contribution >= 0.6 is 27.3 Å². The first-order chi connectivity index (χ1) is 7.66. The van der Waals surface area contributed by atoms with Gasteiger partial charge in [0.15, 0.2) is 0 Å². The van der Waals surface area contributed by atoms with Gasteiger partial charge >= 0.3 is 0 Å². The number of hydrogen-bond donors (Lipinski definition) is 1. The van der Waals surface area contributed by atoms with Gasteiger partial charge in [-0.1, -0.05) is 0 Å². The molecule has 0 saturated heterocycles. The lowest BCUT2D eigenvalue weighted by Gasteiger charge is -2.10. The van der Waals surface area contributed by atoms with Crippen LogP contribution in [0.25, 0.3) is 0 Å². The van der Waals surface area contributed by atoms with Gasteiger partial charge in [0.05, 0.1) is 21.7 Å². The fourth-order valence-corrected chi connectivity index (χ4v) is 2.66.